The minimum absolute atomic E-state index is 0.730. The van der Waals surface area contributed by atoms with Crippen molar-refractivity contribution in [1.82, 2.24) is 4.98 Å². The first-order valence-corrected chi connectivity index (χ1v) is 10.7. The number of aromatic nitrogens is 2. The quantitative estimate of drug-likeness (QED) is 0.381. The van der Waals surface area contributed by atoms with Gasteiger partial charge in [0.25, 0.3) is 6.33 Å². The monoisotopic (exact) mass is 373 g/mol. The summed E-state index contributed by atoms with van der Waals surface area (Å²) in [4.78, 5) is 4.78. The van der Waals surface area contributed by atoms with Crippen LogP contribution in [0.2, 0.25) is 0 Å². The number of benzene rings is 2. The Labute approximate surface area is 164 Å². The zero-order chi connectivity index (χ0) is 18.5. The lowest BCUT2D eigenvalue weighted by molar-refractivity contribution is -0.662. The van der Waals surface area contributed by atoms with Crippen molar-refractivity contribution in [2.75, 3.05) is 0 Å². The van der Waals surface area contributed by atoms with Crippen molar-refractivity contribution in [2.24, 2.45) is 7.05 Å². The lowest BCUT2D eigenvalue weighted by Crippen LogP contribution is -2.31. The number of rotatable bonds is 2. The molecule has 0 unspecified atom stereocenters. The van der Waals surface area contributed by atoms with E-state index in [0.29, 0.717) is 0 Å². The average Bonchev–Trinajstić information content (AvgIpc) is 3.32. The van der Waals surface area contributed by atoms with Gasteiger partial charge in [-0.25, -0.2) is 4.57 Å². The highest BCUT2D eigenvalue weighted by atomic mass is 32.1. The van der Waals surface area contributed by atoms with Crippen LogP contribution in [0, 0.1) is 13.8 Å². The molecule has 4 aromatic rings. The largest absolute Gasteiger partial charge is 0.287 e. The lowest BCUT2D eigenvalue weighted by atomic mass is 9.90. The molecule has 0 aliphatic heterocycles. The van der Waals surface area contributed by atoms with Crippen LogP contribution in [-0.2, 0) is 7.05 Å². The van der Waals surface area contributed by atoms with E-state index in [0.717, 1.165) is 11.4 Å². The molecule has 136 valence electrons. The second-order valence-corrected chi connectivity index (χ2v) is 9.02. The first-order valence-electron chi connectivity index (χ1n) is 9.91. The smallest absolute Gasteiger partial charge is 0.231 e. The third kappa shape index (κ3) is 2.68. The van der Waals surface area contributed by atoms with E-state index in [1.54, 1.807) is 0 Å². The minimum Gasteiger partial charge on any atom is -0.231 e. The van der Waals surface area contributed by atoms with E-state index in [1.807, 2.05) is 17.7 Å². The van der Waals surface area contributed by atoms with Gasteiger partial charge in [0.15, 0.2) is 5.69 Å². The topological polar surface area (TPSA) is 16.8 Å². The SMILES string of the molecule is Cc1cc(C2CCCC2)cc(-c2c3sc4ccccc4c3nc[n+]2C)c1C. The molecule has 1 aliphatic carbocycles. The van der Waals surface area contributed by atoms with Crippen molar-refractivity contribution in [2.45, 2.75) is 45.4 Å². The Morgan fingerprint density at radius 3 is 2.67 bits per heavy atom. The van der Waals surface area contributed by atoms with Gasteiger partial charge < -0.3 is 0 Å². The molecule has 1 saturated carbocycles. The normalized spacial score (nSPS) is 15.2. The van der Waals surface area contributed by atoms with Crippen LogP contribution in [0.4, 0.5) is 0 Å². The van der Waals surface area contributed by atoms with E-state index in [9.17, 15) is 0 Å². The van der Waals surface area contributed by atoms with E-state index in [2.05, 4.69) is 61.9 Å². The molecule has 0 radical (unpaired) electrons. The Morgan fingerprint density at radius 1 is 1.07 bits per heavy atom. The van der Waals surface area contributed by atoms with Gasteiger partial charge >= 0.3 is 0 Å². The van der Waals surface area contributed by atoms with Gasteiger partial charge in [-0.1, -0.05) is 31.0 Å². The minimum atomic E-state index is 0.730. The summed E-state index contributed by atoms with van der Waals surface area (Å²) in [6.07, 6.45) is 7.40. The van der Waals surface area contributed by atoms with Gasteiger partial charge in [0.05, 0.1) is 7.05 Å². The van der Waals surface area contributed by atoms with Crippen molar-refractivity contribution < 1.29 is 4.57 Å². The molecular weight excluding hydrogens is 348 g/mol. The summed E-state index contributed by atoms with van der Waals surface area (Å²) in [5, 5.41) is 1.26. The van der Waals surface area contributed by atoms with Crippen LogP contribution in [0.25, 0.3) is 31.6 Å². The van der Waals surface area contributed by atoms with Crippen LogP contribution < -0.4 is 4.57 Å². The van der Waals surface area contributed by atoms with Crippen molar-refractivity contribution in [1.29, 1.82) is 0 Å². The van der Waals surface area contributed by atoms with Crippen LogP contribution in [-0.4, -0.2) is 4.98 Å². The summed E-state index contributed by atoms with van der Waals surface area (Å²) in [5.74, 6) is 0.730. The van der Waals surface area contributed by atoms with Crippen LogP contribution in [0.15, 0.2) is 42.7 Å². The van der Waals surface area contributed by atoms with Crippen molar-refractivity contribution >= 4 is 31.6 Å². The third-order valence-electron chi connectivity index (χ3n) is 6.27. The molecule has 5 rings (SSSR count). The van der Waals surface area contributed by atoms with Gasteiger partial charge in [0, 0.05) is 15.6 Å². The lowest BCUT2D eigenvalue weighted by Gasteiger charge is -2.16. The zero-order valence-corrected chi connectivity index (χ0v) is 17.1. The number of aryl methyl sites for hydroxylation is 2. The predicted octanol–water partition coefficient (Wildman–Crippen LogP) is 6.22. The summed E-state index contributed by atoms with van der Waals surface area (Å²) in [7, 11) is 2.13. The molecule has 0 saturated heterocycles. The van der Waals surface area contributed by atoms with Crippen molar-refractivity contribution in [3.63, 3.8) is 0 Å². The van der Waals surface area contributed by atoms with Gasteiger partial charge in [-0.2, -0.15) is 0 Å². The van der Waals surface area contributed by atoms with Gasteiger partial charge in [0.2, 0.25) is 5.52 Å². The second-order valence-electron chi connectivity index (χ2n) is 7.97. The first kappa shape index (κ1) is 16.9. The fourth-order valence-electron chi connectivity index (χ4n) is 4.62. The zero-order valence-electron chi connectivity index (χ0n) is 16.2. The third-order valence-corrected chi connectivity index (χ3v) is 7.44. The maximum absolute atomic E-state index is 4.78. The average molecular weight is 374 g/mol. The number of fused-ring (bicyclic) bond motifs is 3. The Bertz CT molecular complexity index is 1170. The number of thiophene rings is 1. The van der Waals surface area contributed by atoms with Gasteiger partial charge in [-0.05, 0) is 72.5 Å². The number of nitrogens with zero attached hydrogens (tertiary/aromatic N) is 2. The Hall–Kier alpha value is -2.26. The molecule has 3 heteroatoms. The molecule has 0 amide bonds. The fraction of sp³-hybridized carbons (Fsp3) is 0.333. The molecule has 2 heterocycles. The Balaban J connectivity index is 1.81. The summed E-state index contributed by atoms with van der Waals surface area (Å²) in [6.45, 7) is 4.53. The van der Waals surface area contributed by atoms with E-state index in [1.165, 1.54) is 68.4 Å². The molecule has 1 aliphatic rings. The maximum atomic E-state index is 4.78. The fourth-order valence-corrected chi connectivity index (χ4v) is 5.87. The highest BCUT2D eigenvalue weighted by molar-refractivity contribution is 7.26. The van der Waals surface area contributed by atoms with Crippen LogP contribution >= 0.6 is 11.3 Å². The molecule has 2 nitrogen and oxygen atoms in total. The second kappa shape index (κ2) is 6.42. The Kier molecular flexibility index (Phi) is 4.01. The molecule has 0 bridgehead atoms. The van der Waals surface area contributed by atoms with E-state index >= 15 is 0 Å². The van der Waals surface area contributed by atoms with Crippen LogP contribution in [0.5, 0.6) is 0 Å². The maximum Gasteiger partial charge on any atom is 0.287 e. The molecule has 0 spiro atoms. The van der Waals surface area contributed by atoms with Gasteiger partial charge in [0.1, 0.15) is 4.70 Å². The molecular formula is C24H25N2S+. The molecule has 2 aromatic heterocycles. The summed E-state index contributed by atoms with van der Waals surface area (Å²) in [6, 6.07) is 13.5. The molecule has 1 fully saturated rings. The Morgan fingerprint density at radius 2 is 1.85 bits per heavy atom. The van der Waals surface area contributed by atoms with Gasteiger partial charge in [-0.15, -0.1) is 11.3 Å². The van der Waals surface area contributed by atoms with E-state index in [4.69, 9.17) is 4.98 Å². The summed E-state index contributed by atoms with van der Waals surface area (Å²) < 4.78 is 4.82. The predicted molar refractivity (Wildman–Crippen MR) is 114 cm³/mol. The van der Waals surface area contributed by atoms with E-state index < -0.39 is 0 Å². The highest BCUT2D eigenvalue weighted by Crippen LogP contribution is 2.41. The van der Waals surface area contributed by atoms with Gasteiger partial charge in [-0.3, -0.25) is 0 Å². The summed E-state index contributed by atoms with van der Waals surface area (Å²) >= 11 is 1.87. The van der Waals surface area contributed by atoms with E-state index in [-0.39, 0.29) is 0 Å². The molecule has 0 atom stereocenters. The van der Waals surface area contributed by atoms with Crippen molar-refractivity contribution in [3.05, 3.63) is 59.4 Å². The highest BCUT2D eigenvalue weighted by Gasteiger charge is 2.24. The number of hydrogen-bond acceptors (Lipinski definition) is 2. The number of hydrogen-bond donors (Lipinski definition) is 0. The molecule has 27 heavy (non-hydrogen) atoms. The standard InChI is InChI=1S/C24H25N2S/c1-15-12-18(17-8-4-5-9-17)13-20(16(15)2)23-24-22(25-14-26(23)3)19-10-6-7-11-21(19)27-24/h6-7,10-14,17H,4-5,8-9H2,1-3H3/q+1. The molecule has 2 aromatic carbocycles. The van der Waals surface area contributed by atoms with Crippen molar-refractivity contribution in [3.8, 4) is 11.3 Å². The first-order chi connectivity index (χ1) is 13.1. The summed E-state index contributed by atoms with van der Waals surface area (Å²) in [5.41, 5.74) is 8.13. The van der Waals surface area contributed by atoms with Crippen LogP contribution in [0.3, 0.4) is 0 Å². The van der Waals surface area contributed by atoms with Crippen LogP contribution in [0.1, 0.15) is 48.3 Å². The molecule has 0 N–H and O–H groups in total.